The van der Waals surface area contributed by atoms with Crippen molar-refractivity contribution in [3.05, 3.63) is 29.9 Å². The minimum Gasteiger partial charge on any atom is -0.385 e. The summed E-state index contributed by atoms with van der Waals surface area (Å²) in [6.45, 7) is 3.73. The molecule has 0 atom stereocenters. The average molecular weight is 333 g/mol. The standard InChI is InChI=1S/C16H23N5O3/c1-12-18-15(19-24-12)16(6-9-23-3)4-7-21(8-5-16)14(22)13-10-17-11-20(13)2/h10-11H,4-9H2,1-3H3. The Balaban J connectivity index is 1.74. The van der Waals surface area contributed by atoms with Crippen molar-refractivity contribution in [2.24, 2.45) is 7.05 Å². The number of rotatable bonds is 5. The summed E-state index contributed by atoms with van der Waals surface area (Å²) in [5, 5.41) is 4.14. The van der Waals surface area contributed by atoms with Crippen molar-refractivity contribution in [1.82, 2.24) is 24.6 Å². The van der Waals surface area contributed by atoms with Crippen LogP contribution in [0.5, 0.6) is 0 Å². The molecule has 1 aliphatic rings. The van der Waals surface area contributed by atoms with Crippen LogP contribution in [0.25, 0.3) is 0 Å². The van der Waals surface area contributed by atoms with Gasteiger partial charge in [-0.25, -0.2) is 4.98 Å². The lowest BCUT2D eigenvalue weighted by molar-refractivity contribution is 0.0607. The first-order valence-electron chi connectivity index (χ1n) is 8.11. The summed E-state index contributed by atoms with van der Waals surface area (Å²) in [7, 11) is 3.52. The number of aromatic nitrogens is 4. The lowest BCUT2D eigenvalue weighted by Crippen LogP contribution is -2.46. The highest BCUT2D eigenvalue weighted by Crippen LogP contribution is 2.37. The maximum absolute atomic E-state index is 12.6. The van der Waals surface area contributed by atoms with E-state index in [0.29, 0.717) is 31.3 Å². The molecule has 1 saturated heterocycles. The Labute approximate surface area is 140 Å². The fraction of sp³-hybridized carbons (Fsp3) is 0.625. The van der Waals surface area contributed by atoms with E-state index in [9.17, 15) is 4.79 Å². The van der Waals surface area contributed by atoms with E-state index in [1.807, 2.05) is 11.9 Å². The molecular formula is C16H23N5O3. The molecule has 1 fully saturated rings. The molecule has 0 saturated carbocycles. The number of imidazole rings is 1. The third-order valence-electron chi connectivity index (χ3n) is 4.83. The Morgan fingerprint density at radius 2 is 2.17 bits per heavy atom. The van der Waals surface area contributed by atoms with Crippen molar-refractivity contribution in [1.29, 1.82) is 0 Å². The van der Waals surface area contributed by atoms with E-state index in [2.05, 4.69) is 15.1 Å². The van der Waals surface area contributed by atoms with Gasteiger partial charge in [-0.3, -0.25) is 4.79 Å². The molecule has 0 N–H and O–H groups in total. The summed E-state index contributed by atoms with van der Waals surface area (Å²) >= 11 is 0. The van der Waals surface area contributed by atoms with Crippen molar-refractivity contribution in [3.63, 3.8) is 0 Å². The van der Waals surface area contributed by atoms with Crippen LogP contribution < -0.4 is 0 Å². The van der Waals surface area contributed by atoms with Crippen LogP contribution in [-0.4, -0.2) is 57.3 Å². The quantitative estimate of drug-likeness (QED) is 0.820. The Morgan fingerprint density at radius 1 is 1.42 bits per heavy atom. The SMILES string of the molecule is COCCC1(c2noc(C)n2)CCN(C(=O)c2cncn2C)CC1. The molecule has 2 aromatic rings. The van der Waals surface area contributed by atoms with Gasteiger partial charge in [-0.1, -0.05) is 5.16 Å². The number of methoxy groups -OCH3 is 1. The maximum Gasteiger partial charge on any atom is 0.272 e. The van der Waals surface area contributed by atoms with Crippen molar-refractivity contribution < 1.29 is 14.1 Å². The van der Waals surface area contributed by atoms with E-state index in [-0.39, 0.29) is 11.3 Å². The maximum atomic E-state index is 12.6. The van der Waals surface area contributed by atoms with Gasteiger partial charge in [0.2, 0.25) is 5.89 Å². The van der Waals surface area contributed by atoms with E-state index in [1.54, 1.807) is 31.1 Å². The molecule has 1 amide bonds. The van der Waals surface area contributed by atoms with Gasteiger partial charge in [0.1, 0.15) is 5.69 Å². The third kappa shape index (κ3) is 3.06. The molecule has 24 heavy (non-hydrogen) atoms. The van der Waals surface area contributed by atoms with Crippen LogP contribution in [0.1, 0.15) is 41.5 Å². The van der Waals surface area contributed by atoms with E-state index in [1.165, 1.54) is 0 Å². The number of amides is 1. The zero-order valence-corrected chi connectivity index (χ0v) is 14.4. The molecule has 1 aliphatic heterocycles. The van der Waals surface area contributed by atoms with Crippen LogP contribution in [0, 0.1) is 6.92 Å². The predicted molar refractivity (Wildman–Crippen MR) is 85.6 cm³/mol. The highest BCUT2D eigenvalue weighted by molar-refractivity contribution is 5.92. The Kier molecular flexibility index (Phi) is 4.66. The van der Waals surface area contributed by atoms with Crippen molar-refractivity contribution in [3.8, 4) is 0 Å². The molecule has 130 valence electrons. The molecular weight excluding hydrogens is 310 g/mol. The van der Waals surface area contributed by atoms with Gasteiger partial charge in [-0.05, 0) is 19.3 Å². The minimum atomic E-state index is -0.197. The zero-order chi connectivity index (χ0) is 17.2. The second-order valence-corrected chi connectivity index (χ2v) is 6.34. The molecule has 3 heterocycles. The molecule has 0 spiro atoms. The average Bonchev–Trinajstić information content (AvgIpc) is 3.21. The first-order chi connectivity index (χ1) is 11.6. The number of piperidine rings is 1. The van der Waals surface area contributed by atoms with Crippen LogP contribution in [0.15, 0.2) is 17.0 Å². The van der Waals surface area contributed by atoms with E-state index < -0.39 is 0 Å². The summed E-state index contributed by atoms with van der Waals surface area (Å²) in [6, 6.07) is 0. The number of nitrogens with zero attached hydrogens (tertiary/aromatic N) is 5. The Hall–Kier alpha value is -2.22. The first-order valence-corrected chi connectivity index (χ1v) is 8.11. The molecule has 0 aliphatic carbocycles. The molecule has 2 aromatic heterocycles. The molecule has 0 unspecified atom stereocenters. The fourth-order valence-electron chi connectivity index (χ4n) is 3.26. The van der Waals surface area contributed by atoms with E-state index in [4.69, 9.17) is 9.26 Å². The molecule has 0 radical (unpaired) electrons. The van der Waals surface area contributed by atoms with Gasteiger partial charge >= 0.3 is 0 Å². The summed E-state index contributed by atoms with van der Waals surface area (Å²) in [5.74, 6) is 1.31. The van der Waals surface area contributed by atoms with E-state index >= 15 is 0 Å². The van der Waals surface area contributed by atoms with Crippen LogP contribution in [0.3, 0.4) is 0 Å². The van der Waals surface area contributed by atoms with Gasteiger partial charge in [0, 0.05) is 46.2 Å². The third-order valence-corrected chi connectivity index (χ3v) is 4.83. The Bertz CT molecular complexity index is 700. The van der Waals surface area contributed by atoms with Crippen LogP contribution >= 0.6 is 0 Å². The first kappa shape index (κ1) is 16.6. The predicted octanol–water partition coefficient (Wildman–Crippen LogP) is 1.32. The number of likely N-dealkylation sites (tertiary alicyclic amines) is 1. The summed E-state index contributed by atoms with van der Waals surface area (Å²) in [6.07, 6.45) is 5.65. The second-order valence-electron chi connectivity index (χ2n) is 6.34. The largest absolute Gasteiger partial charge is 0.385 e. The normalized spacial score (nSPS) is 17.2. The smallest absolute Gasteiger partial charge is 0.272 e. The number of ether oxygens (including phenoxy) is 1. The van der Waals surface area contributed by atoms with Crippen molar-refractivity contribution in [2.45, 2.75) is 31.6 Å². The summed E-state index contributed by atoms with van der Waals surface area (Å²) in [5.41, 5.74) is 0.409. The van der Waals surface area contributed by atoms with E-state index in [0.717, 1.165) is 25.1 Å². The number of hydrogen-bond donors (Lipinski definition) is 0. The monoisotopic (exact) mass is 333 g/mol. The van der Waals surface area contributed by atoms with Crippen LogP contribution in [-0.2, 0) is 17.2 Å². The number of carbonyl (C=O) groups is 1. The van der Waals surface area contributed by atoms with Crippen molar-refractivity contribution >= 4 is 5.91 Å². The highest BCUT2D eigenvalue weighted by atomic mass is 16.5. The van der Waals surface area contributed by atoms with Gasteiger partial charge in [-0.15, -0.1) is 0 Å². The number of hydrogen-bond acceptors (Lipinski definition) is 6. The lowest BCUT2D eigenvalue weighted by atomic mass is 9.75. The number of carbonyl (C=O) groups excluding carboxylic acids is 1. The molecule has 3 rings (SSSR count). The topological polar surface area (TPSA) is 86.3 Å². The minimum absolute atomic E-state index is 0.0136. The summed E-state index contributed by atoms with van der Waals surface area (Å²) < 4.78 is 12.2. The van der Waals surface area contributed by atoms with Crippen LogP contribution in [0.2, 0.25) is 0 Å². The van der Waals surface area contributed by atoms with Crippen molar-refractivity contribution in [2.75, 3.05) is 26.8 Å². The van der Waals surface area contributed by atoms with Gasteiger partial charge < -0.3 is 18.7 Å². The van der Waals surface area contributed by atoms with Gasteiger partial charge in [0.05, 0.1) is 12.5 Å². The molecule has 0 aromatic carbocycles. The fourth-order valence-corrected chi connectivity index (χ4v) is 3.26. The summed E-state index contributed by atoms with van der Waals surface area (Å²) in [4.78, 5) is 23.0. The highest BCUT2D eigenvalue weighted by Gasteiger charge is 2.41. The number of aryl methyl sites for hydroxylation is 2. The second kappa shape index (κ2) is 6.72. The molecule has 0 bridgehead atoms. The van der Waals surface area contributed by atoms with Gasteiger partial charge in [-0.2, -0.15) is 4.98 Å². The van der Waals surface area contributed by atoms with Gasteiger partial charge in [0.25, 0.3) is 5.91 Å². The van der Waals surface area contributed by atoms with Gasteiger partial charge in [0.15, 0.2) is 5.82 Å². The zero-order valence-electron chi connectivity index (χ0n) is 14.4. The lowest BCUT2D eigenvalue weighted by Gasteiger charge is -2.39. The Morgan fingerprint density at radius 3 is 2.71 bits per heavy atom. The molecule has 8 heteroatoms. The van der Waals surface area contributed by atoms with Crippen LogP contribution in [0.4, 0.5) is 0 Å². The molecule has 8 nitrogen and oxygen atoms in total.